The van der Waals surface area contributed by atoms with Crippen LogP contribution in [0.2, 0.25) is 0 Å². The van der Waals surface area contributed by atoms with E-state index in [1.165, 1.54) is 11.9 Å². The fourth-order valence-electron chi connectivity index (χ4n) is 3.59. The Morgan fingerprint density at radius 1 is 0.704 bits per heavy atom. The molecule has 0 aliphatic rings. The first-order chi connectivity index (χ1) is 30.9. The number of thioether (sulfide) groups is 1. The van der Waals surface area contributed by atoms with Gasteiger partial charge < -0.3 is 43.3 Å². The number of alkyl halides is 3. The Morgan fingerprint density at radius 3 is 1.24 bits per heavy atom. The van der Waals surface area contributed by atoms with Crippen LogP contribution >= 0.6 is 84.0 Å². The van der Waals surface area contributed by atoms with Crippen LogP contribution in [0.25, 0.3) is 0 Å². The first kappa shape index (κ1) is 84.2. The summed E-state index contributed by atoms with van der Waals surface area (Å²) in [5.74, 6) is -2.72. The summed E-state index contributed by atoms with van der Waals surface area (Å²) < 4.78 is 47.8. The van der Waals surface area contributed by atoms with E-state index in [0.717, 1.165) is 27.1 Å². The zero-order valence-corrected chi connectivity index (χ0v) is 55.1. The number of anilines is 3. The molecule has 0 heterocycles. The van der Waals surface area contributed by atoms with Crippen LogP contribution in [-0.2, 0) is 32.6 Å². The Morgan fingerprint density at radius 2 is 1.01 bits per heavy atom. The van der Waals surface area contributed by atoms with Gasteiger partial charge in [0.05, 0.1) is 0 Å². The van der Waals surface area contributed by atoms with Gasteiger partial charge in [-0.2, -0.15) is 13.2 Å². The van der Waals surface area contributed by atoms with Crippen molar-refractivity contribution >= 4 is 147 Å². The number of ether oxygens (including phenoxy) is 1. The molecule has 24 heteroatoms. The molecule has 0 fully saturated rings. The molecule has 1 amide bonds. The van der Waals surface area contributed by atoms with Gasteiger partial charge in [0.25, 0.3) is 0 Å². The Hall–Kier alpha value is -0.760. The molecule has 394 valence electrons. The summed E-state index contributed by atoms with van der Waals surface area (Å²) in [4.78, 5) is 39.5. The maximum absolute atomic E-state index is 11.7. The van der Waals surface area contributed by atoms with Gasteiger partial charge in [0.2, 0.25) is 5.91 Å². The number of nitrogens with one attached hydrogen (secondary N) is 1. The average Bonchev–Trinajstić information content (AvgIpc) is 3.24. The molecule has 0 aliphatic carbocycles. The third kappa shape index (κ3) is 51.1. The predicted molar refractivity (Wildman–Crippen MR) is 304 cm³/mol. The van der Waals surface area contributed by atoms with E-state index in [0.29, 0.717) is 16.7 Å². The van der Waals surface area contributed by atoms with Crippen molar-refractivity contribution in [3.05, 3.63) is 91.0 Å². The molecule has 3 aromatic carbocycles. The van der Waals surface area contributed by atoms with Crippen molar-refractivity contribution in [1.82, 2.24) is 9.14 Å². The van der Waals surface area contributed by atoms with Gasteiger partial charge >= 0.3 is 77.2 Å². The number of rotatable bonds is 5. The van der Waals surface area contributed by atoms with Gasteiger partial charge in [-0.05, 0) is 111 Å². The van der Waals surface area contributed by atoms with Crippen LogP contribution in [0.3, 0.4) is 0 Å². The standard InChI is InChI=1S/C14H20N2OS2.C13H19NS2.C8H8NS.C4H10ClN.C4H3F3O3.C4H11N.ClO.2Na.H2S/c1-11(17)16(14(2,3)4)19-13(18)15(5)12-9-7-6-8-10-12;1-13(2,3)10-16-12(15)14(4)11-8-6-5-7-9-11;1-9(7-10)8-5-3-2-4-6-8;1-4(2,3)6-5;1-2(8)10-3(9)4(5,6)7;1-4(2,3)5;1-2;;;/h6-10H,1-5H3;5-9H,10H2,1-4H3;2-6H,1H3;6H,1-3H3;1H3;5H2,1-3H3;;;;1H2/q;;-1;;;;-1;2*+1;/p-1. The molecule has 0 aromatic heterocycles. The number of esters is 2. The Balaban J connectivity index is -0.000000143. The molecule has 3 aromatic rings. The number of thiol groups is 1. The molecule has 3 rings (SSSR count). The van der Waals surface area contributed by atoms with Crippen molar-refractivity contribution in [2.24, 2.45) is 11.1 Å². The van der Waals surface area contributed by atoms with Gasteiger partial charge in [-0.1, -0.05) is 117 Å². The summed E-state index contributed by atoms with van der Waals surface area (Å²) in [7, 11) is 5.81. The Labute approximate surface area is 509 Å². The average molecular weight is 1170 g/mol. The number of halogens is 5. The molecule has 71 heavy (non-hydrogen) atoms. The van der Waals surface area contributed by atoms with Crippen molar-refractivity contribution in [1.29, 1.82) is 0 Å². The van der Waals surface area contributed by atoms with E-state index in [1.807, 2.05) is 167 Å². The monoisotopic (exact) mass is 1170 g/mol. The quantitative estimate of drug-likeness (QED) is 0.0296. The summed E-state index contributed by atoms with van der Waals surface area (Å²) in [6.45, 7) is 26.8. The first-order valence-electron chi connectivity index (χ1n) is 20.4. The van der Waals surface area contributed by atoms with Crippen LogP contribution in [0.1, 0.15) is 96.9 Å². The third-order valence-corrected chi connectivity index (χ3v) is 11.5. The zero-order chi connectivity index (χ0) is 54.3. The van der Waals surface area contributed by atoms with Crippen LogP contribution in [0.4, 0.5) is 30.2 Å². The van der Waals surface area contributed by atoms with Crippen LogP contribution in [0.15, 0.2) is 91.0 Å². The number of amides is 1. The number of carbonyl (C=O) groups is 3. The molecule has 0 spiro atoms. The minimum Gasteiger partial charge on any atom is -0.813 e. The van der Waals surface area contributed by atoms with Gasteiger partial charge in [-0.15, -0.1) is 17.8 Å². The van der Waals surface area contributed by atoms with Gasteiger partial charge in [-0.25, -0.2) is 33.7 Å². The van der Waals surface area contributed by atoms with Gasteiger partial charge in [-0.3, -0.25) is 13.9 Å². The molecular weight excluding hydrogens is 1090 g/mol. The number of hydrogen-bond donors (Lipinski definition) is 2. The molecule has 0 unspecified atom stereocenters. The van der Waals surface area contributed by atoms with E-state index in [2.05, 4.69) is 77.0 Å². The van der Waals surface area contributed by atoms with E-state index in [-0.39, 0.29) is 95.1 Å². The number of para-hydroxylation sites is 3. The Bertz CT molecular complexity index is 1890. The largest absolute Gasteiger partial charge is 1.00 e. The van der Waals surface area contributed by atoms with E-state index in [4.69, 9.17) is 46.6 Å². The molecule has 3 N–H and O–H groups in total. The smallest absolute Gasteiger partial charge is 0.813 e. The molecule has 0 radical (unpaired) electrons. The second kappa shape index (κ2) is 43.4. The third-order valence-electron chi connectivity index (χ3n) is 6.56. The summed E-state index contributed by atoms with van der Waals surface area (Å²) in [5.41, 5.74) is 11.3. The van der Waals surface area contributed by atoms with Gasteiger partial charge in [0.1, 0.15) is 4.32 Å². The van der Waals surface area contributed by atoms with E-state index in [9.17, 15) is 27.6 Å². The number of carbonyl (C=O) groups excluding carboxylic acids is 3. The van der Waals surface area contributed by atoms with Crippen LogP contribution < -0.4 is 89.0 Å². The number of nitrogens with two attached hydrogens (primary N) is 1. The summed E-state index contributed by atoms with van der Waals surface area (Å²) in [5, 5.41) is 0. The number of benzene rings is 3. The molecule has 0 aliphatic heterocycles. The fourth-order valence-corrected chi connectivity index (χ4v) is 5.95. The van der Waals surface area contributed by atoms with Crippen LogP contribution in [0.5, 0.6) is 0 Å². The van der Waals surface area contributed by atoms with Crippen molar-refractivity contribution in [2.75, 3.05) is 41.6 Å². The second-order valence-corrected chi connectivity index (χ2v) is 21.9. The number of nitrogens with zero attached hydrogens (tertiary/aromatic N) is 4. The molecule has 0 saturated carbocycles. The van der Waals surface area contributed by atoms with E-state index < -0.39 is 18.1 Å². The molecule has 0 saturated heterocycles. The maximum Gasteiger partial charge on any atom is 1.00 e. The predicted octanol–water partition coefficient (Wildman–Crippen LogP) is 6.00. The zero-order valence-electron chi connectivity index (χ0n) is 44.7. The fraction of sp³-hybridized carbons (Fsp3) is 0.489. The van der Waals surface area contributed by atoms with Crippen molar-refractivity contribution in [3.8, 4) is 0 Å². The molecule has 0 atom stereocenters. The summed E-state index contributed by atoms with van der Waals surface area (Å²) in [6, 6.07) is 30.0. The van der Waals surface area contributed by atoms with Crippen molar-refractivity contribution in [2.45, 2.75) is 120 Å². The number of hydrogen-bond acceptors (Lipinski definition) is 13. The normalized spacial score (nSPS) is 10.2. The first-order valence-corrected chi connectivity index (χ1v) is 24.1. The topological polar surface area (TPSA) is 135 Å². The molecule has 0 bridgehead atoms. The summed E-state index contributed by atoms with van der Waals surface area (Å²) in [6.07, 6.45) is -5.09. The Kier molecular flexibility index (Phi) is 51.4. The second-order valence-electron chi connectivity index (χ2n) is 18.3. The minimum absolute atomic E-state index is 0. The van der Waals surface area contributed by atoms with Crippen LogP contribution in [0, 0.1) is 5.41 Å². The van der Waals surface area contributed by atoms with E-state index in [1.54, 1.807) is 27.9 Å². The maximum atomic E-state index is 11.7. The van der Waals surface area contributed by atoms with E-state index >= 15 is 0 Å². The molecule has 11 nitrogen and oxygen atoms in total. The van der Waals surface area contributed by atoms with Crippen molar-refractivity contribution in [3.63, 3.8) is 0 Å². The van der Waals surface area contributed by atoms with Gasteiger partial charge in [0.15, 0.2) is 4.32 Å². The summed E-state index contributed by atoms with van der Waals surface area (Å²) >= 11 is 27.1. The molecular formula is C47H72Cl2F3N6Na2O5S6-. The van der Waals surface area contributed by atoms with Gasteiger partial charge in [0, 0.05) is 73.6 Å². The number of thiocarbonyl (C=S) groups is 3. The van der Waals surface area contributed by atoms with Crippen LogP contribution in [-0.4, -0.2) is 86.0 Å². The van der Waals surface area contributed by atoms with Crippen molar-refractivity contribution < 1.29 is 96.1 Å². The SMILES string of the molecule is CC(=O)N(SC(=S)N(C)c1ccccc1)C(C)(C)C.CC(=O)OC(=O)C(F)(F)F.CC(C)(C)N.CC(C)(C)NCl.CN(C(=S)SCC(C)(C)C)c1ccccc1.CN([C-]=S)c1ccccc1.[Na+].[Na+].[O-]Cl.[SH-]. The minimum atomic E-state index is -5.09.